The molecule has 4 rings (SSSR count). The van der Waals surface area contributed by atoms with Gasteiger partial charge in [-0.2, -0.15) is 0 Å². The van der Waals surface area contributed by atoms with Crippen LogP contribution in [0.3, 0.4) is 0 Å². The number of Topliss-reactive ketones (excluding diaryl/α,β-unsaturated/α-hetero) is 1. The van der Waals surface area contributed by atoms with Crippen molar-refractivity contribution in [2.75, 3.05) is 0 Å². The van der Waals surface area contributed by atoms with Crippen LogP contribution in [0.15, 0.2) is 0 Å². The summed E-state index contributed by atoms with van der Waals surface area (Å²) in [5, 5.41) is 11.1. The van der Waals surface area contributed by atoms with Crippen LogP contribution in [0, 0.1) is 40.4 Å². The molecule has 1 unspecified atom stereocenters. The van der Waals surface area contributed by atoms with E-state index in [2.05, 4.69) is 20.8 Å². The molecule has 4 aliphatic rings. The highest BCUT2D eigenvalue weighted by atomic mass is 16.3. The van der Waals surface area contributed by atoms with Gasteiger partial charge >= 0.3 is 0 Å². The standard InChI is InChI=1S/C25H42O2/c1-5-25(27)14-7-13-23(3)18(16-25)10-11-19-21-9-6-8-20(17(2)26)24(21,4)15-12-22(19)23/h18-22,27H,5-16H2,1-4H3/t18-,19+,20?,21+,22+,23+,24-,25-/m1/s1. The van der Waals surface area contributed by atoms with Gasteiger partial charge in [0.15, 0.2) is 0 Å². The Morgan fingerprint density at radius 2 is 1.67 bits per heavy atom. The average Bonchev–Trinajstić information content (AvgIpc) is 2.76. The summed E-state index contributed by atoms with van der Waals surface area (Å²) < 4.78 is 0. The molecule has 4 saturated carbocycles. The van der Waals surface area contributed by atoms with Gasteiger partial charge in [0.2, 0.25) is 0 Å². The minimum Gasteiger partial charge on any atom is -0.390 e. The van der Waals surface area contributed by atoms with Crippen molar-refractivity contribution in [3.8, 4) is 0 Å². The van der Waals surface area contributed by atoms with Gasteiger partial charge in [-0.3, -0.25) is 4.79 Å². The van der Waals surface area contributed by atoms with Crippen molar-refractivity contribution in [3.05, 3.63) is 0 Å². The van der Waals surface area contributed by atoms with Crippen molar-refractivity contribution >= 4 is 5.78 Å². The number of hydrogen-bond acceptors (Lipinski definition) is 2. The van der Waals surface area contributed by atoms with Crippen molar-refractivity contribution in [2.24, 2.45) is 40.4 Å². The van der Waals surface area contributed by atoms with E-state index in [1.807, 2.05) is 6.92 Å². The van der Waals surface area contributed by atoms with E-state index in [0.29, 0.717) is 23.0 Å². The zero-order chi connectivity index (χ0) is 19.4. The molecule has 0 radical (unpaired) electrons. The second-order valence-electron chi connectivity index (χ2n) is 11.4. The van der Waals surface area contributed by atoms with Crippen molar-refractivity contribution in [1.82, 2.24) is 0 Å². The van der Waals surface area contributed by atoms with Crippen LogP contribution in [-0.2, 0) is 4.79 Å². The number of fused-ring (bicyclic) bond motifs is 5. The molecule has 2 nitrogen and oxygen atoms in total. The van der Waals surface area contributed by atoms with Crippen LogP contribution in [-0.4, -0.2) is 16.5 Å². The zero-order valence-corrected chi connectivity index (χ0v) is 18.2. The number of carbonyl (C=O) groups excluding carboxylic acids is 1. The fourth-order valence-corrected chi connectivity index (χ4v) is 8.80. The highest BCUT2D eigenvalue weighted by Crippen LogP contribution is 2.66. The second kappa shape index (κ2) is 6.85. The summed E-state index contributed by atoms with van der Waals surface area (Å²) in [4.78, 5) is 12.4. The Balaban J connectivity index is 1.62. The van der Waals surface area contributed by atoms with Gasteiger partial charge in [0.05, 0.1) is 5.60 Å². The van der Waals surface area contributed by atoms with E-state index in [4.69, 9.17) is 0 Å². The van der Waals surface area contributed by atoms with Crippen molar-refractivity contribution in [3.63, 3.8) is 0 Å². The van der Waals surface area contributed by atoms with Gasteiger partial charge in [0, 0.05) is 5.92 Å². The van der Waals surface area contributed by atoms with Crippen LogP contribution in [0.2, 0.25) is 0 Å². The molecule has 0 saturated heterocycles. The Kier molecular flexibility index (Phi) is 5.06. The maximum Gasteiger partial charge on any atom is 0.133 e. The largest absolute Gasteiger partial charge is 0.390 e. The van der Waals surface area contributed by atoms with E-state index >= 15 is 0 Å². The van der Waals surface area contributed by atoms with Gasteiger partial charge in [-0.1, -0.05) is 33.6 Å². The summed E-state index contributed by atoms with van der Waals surface area (Å²) in [5.41, 5.74) is 0.249. The maximum atomic E-state index is 12.4. The number of carbonyl (C=O) groups is 1. The number of ketones is 1. The van der Waals surface area contributed by atoms with Crippen molar-refractivity contribution in [1.29, 1.82) is 0 Å². The Morgan fingerprint density at radius 1 is 0.926 bits per heavy atom. The molecule has 0 aromatic rings. The summed E-state index contributed by atoms with van der Waals surface area (Å²) in [7, 11) is 0. The first-order valence-corrected chi connectivity index (χ1v) is 12.0. The van der Waals surface area contributed by atoms with Gasteiger partial charge in [-0.15, -0.1) is 0 Å². The third-order valence-corrected chi connectivity index (χ3v) is 10.4. The monoisotopic (exact) mass is 374 g/mol. The van der Waals surface area contributed by atoms with E-state index in [-0.39, 0.29) is 5.41 Å². The molecule has 0 aliphatic heterocycles. The lowest BCUT2D eigenvalue weighted by Gasteiger charge is -2.62. The minimum atomic E-state index is -0.414. The zero-order valence-electron chi connectivity index (χ0n) is 18.2. The van der Waals surface area contributed by atoms with Gasteiger partial charge in [0.25, 0.3) is 0 Å². The second-order valence-corrected chi connectivity index (χ2v) is 11.4. The molecule has 4 fully saturated rings. The van der Waals surface area contributed by atoms with Crippen LogP contribution in [0.5, 0.6) is 0 Å². The summed E-state index contributed by atoms with van der Waals surface area (Å²) in [6.07, 6.45) is 14.4. The van der Waals surface area contributed by atoms with Crippen LogP contribution < -0.4 is 0 Å². The topological polar surface area (TPSA) is 37.3 Å². The normalized spacial score (nSPS) is 52.9. The molecule has 1 N–H and O–H groups in total. The molecule has 0 bridgehead atoms. The van der Waals surface area contributed by atoms with Crippen LogP contribution in [0.1, 0.15) is 105 Å². The molecule has 4 aliphatic carbocycles. The van der Waals surface area contributed by atoms with E-state index in [1.54, 1.807) is 0 Å². The van der Waals surface area contributed by atoms with E-state index in [1.165, 1.54) is 51.4 Å². The van der Waals surface area contributed by atoms with Gasteiger partial charge in [0.1, 0.15) is 5.78 Å². The first-order chi connectivity index (χ1) is 12.7. The summed E-state index contributed by atoms with van der Waals surface area (Å²) in [6.45, 7) is 9.07. The Labute approximate surface area is 166 Å². The predicted molar refractivity (Wildman–Crippen MR) is 110 cm³/mol. The van der Waals surface area contributed by atoms with Crippen molar-refractivity contribution in [2.45, 2.75) is 110 Å². The third-order valence-electron chi connectivity index (χ3n) is 10.4. The van der Waals surface area contributed by atoms with Crippen LogP contribution >= 0.6 is 0 Å². The Morgan fingerprint density at radius 3 is 2.37 bits per heavy atom. The SMILES string of the molecule is CC[C@@]1(O)CCC[C@@]2(C)[C@H](CC[C@@H]3[C@@H]2CC[C@]2(C)C(C(C)=O)CCC[C@@H]32)C1. The lowest BCUT2D eigenvalue weighted by molar-refractivity contribution is -0.152. The lowest BCUT2D eigenvalue weighted by Crippen LogP contribution is -2.56. The fourth-order valence-electron chi connectivity index (χ4n) is 8.80. The molecule has 0 heterocycles. The lowest BCUT2D eigenvalue weighted by atomic mass is 9.42. The number of rotatable bonds is 2. The minimum absolute atomic E-state index is 0.253. The predicted octanol–water partition coefficient (Wildman–Crippen LogP) is 6.16. The van der Waals surface area contributed by atoms with E-state index < -0.39 is 5.60 Å². The maximum absolute atomic E-state index is 12.4. The fraction of sp³-hybridized carbons (Fsp3) is 0.960. The first kappa shape index (κ1) is 19.9. The van der Waals surface area contributed by atoms with Gasteiger partial charge in [-0.05, 0) is 106 Å². The van der Waals surface area contributed by atoms with E-state index in [9.17, 15) is 9.90 Å². The molecular weight excluding hydrogens is 332 g/mol. The summed E-state index contributed by atoms with van der Waals surface area (Å²) >= 11 is 0. The van der Waals surface area contributed by atoms with E-state index in [0.717, 1.165) is 43.4 Å². The van der Waals surface area contributed by atoms with Gasteiger partial charge < -0.3 is 5.11 Å². The molecule has 8 atom stereocenters. The highest BCUT2D eigenvalue weighted by molar-refractivity contribution is 5.79. The summed E-state index contributed by atoms with van der Waals surface area (Å²) in [5.74, 6) is 3.84. The molecule has 2 heteroatoms. The Bertz CT molecular complexity index is 585. The Hall–Kier alpha value is -0.370. The summed E-state index contributed by atoms with van der Waals surface area (Å²) in [6, 6.07) is 0. The molecule has 154 valence electrons. The highest BCUT2D eigenvalue weighted by Gasteiger charge is 2.59. The third kappa shape index (κ3) is 3.04. The molecule has 0 aromatic carbocycles. The number of hydrogen-bond donors (Lipinski definition) is 1. The van der Waals surface area contributed by atoms with Crippen LogP contribution in [0.25, 0.3) is 0 Å². The first-order valence-electron chi connectivity index (χ1n) is 12.0. The molecule has 0 aromatic heterocycles. The number of aliphatic hydroxyl groups is 1. The smallest absolute Gasteiger partial charge is 0.133 e. The average molecular weight is 375 g/mol. The van der Waals surface area contributed by atoms with Gasteiger partial charge in [-0.25, -0.2) is 0 Å². The molecule has 0 amide bonds. The van der Waals surface area contributed by atoms with Crippen molar-refractivity contribution < 1.29 is 9.90 Å². The molecule has 0 spiro atoms. The molecule has 27 heavy (non-hydrogen) atoms. The van der Waals surface area contributed by atoms with Crippen LogP contribution in [0.4, 0.5) is 0 Å². The molecular formula is C25H42O2. The quantitative estimate of drug-likeness (QED) is 0.629.